The van der Waals surface area contributed by atoms with E-state index in [1.165, 1.54) is 0 Å². The zero-order valence-electron chi connectivity index (χ0n) is 21.5. The number of piperazine rings is 1. The van der Waals surface area contributed by atoms with Crippen molar-refractivity contribution in [3.05, 3.63) is 45.5 Å². The van der Waals surface area contributed by atoms with Crippen molar-refractivity contribution in [3.63, 3.8) is 0 Å². The number of anilines is 1. The first-order valence-electron chi connectivity index (χ1n) is 12.5. The van der Waals surface area contributed by atoms with E-state index in [4.69, 9.17) is 15.3 Å². The van der Waals surface area contributed by atoms with Crippen LogP contribution in [0, 0.1) is 18.3 Å². The largest absolute Gasteiger partial charge is 0.364 e. The summed E-state index contributed by atoms with van der Waals surface area (Å²) in [5.41, 5.74) is 4.35. The molecule has 5 heterocycles. The molecule has 0 bridgehead atoms. The second-order valence-corrected chi connectivity index (χ2v) is 10.8. The van der Waals surface area contributed by atoms with Crippen LogP contribution in [0.1, 0.15) is 50.4 Å². The number of thiazole rings is 1. The van der Waals surface area contributed by atoms with E-state index in [0.717, 1.165) is 63.7 Å². The minimum absolute atomic E-state index is 0.0648. The average Bonchev–Trinajstić information content (AvgIpc) is 3.47. The molecule has 0 radical (unpaired) electrons. The molecule has 0 amide bonds. The van der Waals surface area contributed by atoms with Gasteiger partial charge < -0.3 is 9.47 Å². The van der Waals surface area contributed by atoms with Crippen LogP contribution >= 0.6 is 11.3 Å². The van der Waals surface area contributed by atoms with Crippen LogP contribution in [0.5, 0.6) is 0 Å². The minimum Gasteiger partial charge on any atom is -0.364 e. The lowest BCUT2D eigenvalue weighted by atomic mass is 9.98. The van der Waals surface area contributed by atoms with Crippen molar-refractivity contribution >= 4 is 38.4 Å². The Balaban J connectivity index is 1.50. The Morgan fingerprint density at radius 3 is 2.69 bits per heavy atom. The van der Waals surface area contributed by atoms with E-state index in [2.05, 4.69) is 53.8 Å². The summed E-state index contributed by atoms with van der Waals surface area (Å²) in [5, 5.41) is 14.9. The van der Waals surface area contributed by atoms with Crippen molar-refractivity contribution < 1.29 is 0 Å². The molecule has 0 aliphatic carbocycles. The molecule has 1 fully saturated rings. The van der Waals surface area contributed by atoms with Gasteiger partial charge in [-0.25, -0.2) is 9.97 Å². The minimum atomic E-state index is -0.0648. The molecule has 188 valence electrons. The smallest absolute Gasteiger partial charge is 0.252 e. The van der Waals surface area contributed by atoms with E-state index in [1.807, 2.05) is 6.92 Å². The number of aryl methyl sites for hydroxylation is 2. The van der Waals surface area contributed by atoms with Gasteiger partial charge in [-0.3, -0.25) is 14.4 Å². The first-order valence-corrected chi connectivity index (χ1v) is 13.4. The highest BCUT2D eigenvalue weighted by Gasteiger charge is 2.36. The maximum atomic E-state index is 12.9. The zero-order chi connectivity index (χ0) is 25.6. The molecule has 5 rings (SSSR count). The van der Waals surface area contributed by atoms with Crippen molar-refractivity contribution in [2.75, 3.05) is 18.0 Å². The van der Waals surface area contributed by atoms with E-state index in [0.29, 0.717) is 6.04 Å². The number of fused-ring (bicyclic) bond motifs is 2. The molecule has 4 aromatic heterocycles. The first kappa shape index (κ1) is 24.4. The number of nitrogens with zero attached hydrogens (tertiary/aromatic N) is 8. The lowest BCUT2D eigenvalue weighted by Gasteiger charge is -2.49. The lowest BCUT2D eigenvalue weighted by molar-refractivity contribution is 0.0993. The van der Waals surface area contributed by atoms with Crippen molar-refractivity contribution in [3.8, 4) is 6.07 Å². The fourth-order valence-electron chi connectivity index (χ4n) is 5.41. The summed E-state index contributed by atoms with van der Waals surface area (Å²) in [4.78, 5) is 28.3. The van der Waals surface area contributed by atoms with Gasteiger partial charge in [0.2, 0.25) is 0 Å². The third-order valence-electron chi connectivity index (χ3n) is 7.47. The van der Waals surface area contributed by atoms with Gasteiger partial charge in [0.15, 0.2) is 0 Å². The lowest BCUT2D eigenvalue weighted by Crippen LogP contribution is -2.58. The molecule has 1 saturated heterocycles. The van der Waals surface area contributed by atoms with Gasteiger partial charge in [0.1, 0.15) is 22.4 Å². The Morgan fingerprint density at radius 2 is 1.97 bits per heavy atom. The molecule has 0 unspecified atom stereocenters. The molecule has 4 aromatic rings. The summed E-state index contributed by atoms with van der Waals surface area (Å²) in [6, 6.07) is 8.73. The van der Waals surface area contributed by atoms with Crippen LogP contribution in [-0.4, -0.2) is 54.4 Å². The van der Waals surface area contributed by atoms with E-state index in [9.17, 15) is 4.79 Å². The van der Waals surface area contributed by atoms with Gasteiger partial charge in [-0.1, -0.05) is 25.2 Å². The van der Waals surface area contributed by atoms with Crippen LogP contribution in [0.2, 0.25) is 0 Å². The van der Waals surface area contributed by atoms with E-state index >= 15 is 0 Å². The highest BCUT2D eigenvalue weighted by molar-refractivity contribution is 7.18. The molecule has 3 atom stereocenters. The van der Waals surface area contributed by atoms with Crippen LogP contribution in [0.25, 0.3) is 21.4 Å². The fourth-order valence-corrected chi connectivity index (χ4v) is 6.20. The van der Waals surface area contributed by atoms with Gasteiger partial charge in [-0.05, 0) is 38.8 Å². The molecule has 1 aliphatic rings. The Bertz CT molecular complexity index is 1510. The standard InChI is InChI=1S/C26H32N8OS/c1-6-18-14-34(22-12-24(35)31(5)23-15-32(11-10-27)30-25(22)23)19(7-2)13-33(18)16(3)20-8-9-21-26(29-20)36-17(4)28-21/h8-9,12,15-16,18-19H,6-7,11,13-14H2,1-5H3/t16-,18+,19-/m0/s1. The SMILES string of the molecule is CC[C@H]1CN([C@@H](C)c2ccc3nc(C)sc3n2)[C@H](CC)CN1c1cc(=O)n(C)c2cn(CC#N)nc12. The number of pyridine rings is 2. The topological polar surface area (TPSA) is 95.9 Å². The van der Waals surface area contributed by atoms with Gasteiger partial charge in [0.25, 0.3) is 5.56 Å². The van der Waals surface area contributed by atoms with Crippen LogP contribution in [0.4, 0.5) is 5.69 Å². The predicted octanol–water partition coefficient (Wildman–Crippen LogP) is 4.01. The predicted molar refractivity (Wildman–Crippen MR) is 143 cm³/mol. The molecule has 0 N–H and O–H groups in total. The number of hydrogen-bond donors (Lipinski definition) is 0. The Labute approximate surface area is 214 Å². The van der Waals surface area contributed by atoms with Crippen molar-refractivity contribution in [1.29, 1.82) is 5.26 Å². The third-order valence-corrected chi connectivity index (χ3v) is 8.35. The summed E-state index contributed by atoms with van der Waals surface area (Å²) < 4.78 is 3.23. The molecule has 1 aliphatic heterocycles. The monoisotopic (exact) mass is 504 g/mol. The Morgan fingerprint density at radius 1 is 1.19 bits per heavy atom. The quantitative estimate of drug-likeness (QED) is 0.391. The molecule has 9 nitrogen and oxygen atoms in total. The molecular weight excluding hydrogens is 472 g/mol. The number of hydrogen-bond acceptors (Lipinski definition) is 8. The van der Waals surface area contributed by atoms with Crippen molar-refractivity contribution in [1.82, 2.24) is 29.2 Å². The summed E-state index contributed by atoms with van der Waals surface area (Å²) in [6.07, 6.45) is 3.72. The zero-order valence-corrected chi connectivity index (χ0v) is 22.3. The summed E-state index contributed by atoms with van der Waals surface area (Å²) >= 11 is 1.64. The first-order chi connectivity index (χ1) is 17.3. The van der Waals surface area contributed by atoms with E-state index in [-0.39, 0.29) is 24.2 Å². The van der Waals surface area contributed by atoms with Gasteiger partial charge >= 0.3 is 0 Å². The maximum Gasteiger partial charge on any atom is 0.252 e. The molecule has 0 aromatic carbocycles. The number of aromatic nitrogens is 5. The summed E-state index contributed by atoms with van der Waals surface area (Å²) in [6.45, 7) is 10.5. The maximum absolute atomic E-state index is 12.9. The second-order valence-electron chi connectivity index (χ2n) is 9.59. The number of nitriles is 1. The van der Waals surface area contributed by atoms with Crippen LogP contribution in [0.3, 0.4) is 0 Å². The van der Waals surface area contributed by atoms with Gasteiger partial charge in [-0.2, -0.15) is 10.4 Å². The van der Waals surface area contributed by atoms with Gasteiger partial charge in [0.05, 0.1) is 34.2 Å². The fraction of sp³-hybridized carbons (Fsp3) is 0.500. The second kappa shape index (κ2) is 9.64. The number of rotatable bonds is 6. The normalized spacial score (nSPS) is 19.7. The molecule has 10 heteroatoms. The highest BCUT2D eigenvalue weighted by atomic mass is 32.1. The van der Waals surface area contributed by atoms with Crippen LogP contribution < -0.4 is 10.5 Å². The summed E-state index contributed by atoms with van der Waals surface area (Å²) in [5.74, 6) is 0. The van der Waals surface area contributed by atoms with E-state index in [1.54, 1.807) is 39.9 Å². The van der Waals surface area contributed by atoms with Gasteiger partial charge in [-0.15, -0.1) is 0 Å². The van der Waals surface area contributed by atoms with Crippen molar-refractivity contribution in [2.24, 2.45) is 7.05 Å². The Hall–Kier alpha value is -3.29. The summed E-state index contributed by atoms with van der Waals surface area (Å²) in [7, 11) is 1.76. The Kier molecular flexibility index (Phi) is 6.53. The molecule has 0 saturated carbocycles. The van der Waals surface area contributed by atoms with Gasteiger partial charge in [0, 0.05) is 44.3 Å². The molecular formula is C26H32N8OS. The van der Waals surface area contributed by atoms with Crippen LogP contribution in [0.15, 0.2) is 29.2 Å². The van der Waals surface area contributed by atoms with E-state index < -0.39 is 0 Å². The molecule has 36 heavy (non-hydrogen) atoms. The van der Waals surface area contributed by atoms with Crippen molar-refractivity contribution in [2.45, 2.75) is 65.2 Å². The average molecular weight is 505 g/mol. The van der Waals surface area contributed by atoms with Crippen LogP contribution in [-0.2, 0) is 13.6 Å². The highest BCUT2D eigenvalue weighted by Crippen LogP contribution is 2.34. The third kappa shape index (κ3) is 4.16. The molecule has 0 spiro atoms.